The van der Waals surface area contributed by atoms with E-state index in [1.165, 1.54) is 11.1 Å². The molecule has 0 saturated carbocycles. The van der Waals surface area contributed by atoms with Crippen molar-refractivity contribution in [2.45, 2.75) is 57.7 Å². The number of carbonyl (C=O) groups is 2. The van der Waals surface area contributed by atoms with Crippen LogP contribution in [0.4, 0.5) is 0 Å². The molecule has 0 radical (unpaired) electrons. The Balaban J connectivity index is 1.49. The van der Waals surface area contributed by atoms with Gasteiger partial charge in [-0.15, -0.1) is 0 Å². The summed E-state index contributed by atoms with van der Waals surface area (Å²) in [7, 11) is 0. The van der Waals surface area contributed by atoms with Gasteiger partial charge in [0.25, 0.3) is 5.91 Å². The molecule has 9 heteroatoms. The zero-order valence-electron chi connectivity index (χ0n) is 18.4. The second-order valence-corrected chi connectivity index (χ2v) is 8.13. The van der Waals surface area contributed by atoms with E-state index < -0.39 is 5.54 Å². The number of rotatable bonds is 6. The van der Waals surface area contributed by atoms with Crippen molar-refractivity contribution < 1.29 is 14.3 Å². The van der Waals surface area contributed by atoms with Gasteiger partial charge in [0, 0.05) is 18.2 Å². The number of hydrogen-bond donors (Lipinski definition) is 2. The predicted molar refractivity (Wildman–Crippen MR) is 119 cm³/mol. The molecule has 0 aliphatic carbocycles. The summed E-state index contributed by atoms with van der Waals surface area (Å²) in [6.45, 7) is 4.68. The van der Waals surface area contributed by atoms with E-state index in [1.807, 2.05) is 38.1 Å². The highest BCUT2D eigenvalue weighted by Gasteiger charge is 2.37. The van der Waals surface area contributed by atoms with E-state index in [1.54, 1.807) is 6.07 Å². The van der Waals surface area contributed by atoms with Gasteiger partial charge in [-0.2, -0.15) is 0 Å². The molecule has 0 saturated heterocycles. The fourth-order valence-electron chi connectivity index (χ4n) is 4.15. The first-order valence-corrected chi connectivity index (χ1v) is 10.9. The Labute approximate surface area is 187 Å². The average molecular weight is 437 g/mol. The van der Waals surface area contributed by atoms with E-state index in [9.17, 15) is 9.59 Å². The first-order chi connectivity index (χ1) is 15.4. The second kappa shape index (κ2) is 8.94. The van der Waals surface area contributed by atoms with Gasteiger partial charge in [0.2, 0.25) is 11.7 Å². The summed E-state index contributed by atoms with van der Waals surface area (Å²) in [5, 5.41) is 2.99. The van der Waals surface area contributed by atoms with Crippen molar-refractivity contribution >= 4 is 17.8 Å². The van der Waals surface area contributed by atoms with Crippen molar-refractivity contribution in [3.8, 4) is 5.75 Å². The molecule has 3 N–H and O–H groups in total. The Morgan fingerprint density at radius 2 is 2.06 bits per heavy atom. The molecule has 0 fully saturated rings. The van der Waals surface area contributed by atoms with E-state index in [0.29, 0.717) is 25.1 Å². The number of para-hydroxylation sites is 1. The SMILES string of the molecule is CCC1(CC)CC(=O)N(Cc2ccnc(C(=O)N[C@H]3CCOc4ccccc43)n2)C(N)=N1. The van der Waals surface area contributed by atoms with E-state index >= 15 is 0 Å². The lowest BCUT2D eigenvalue weighted by atomic mass is 9.88. The number of nitrogens with one attached hydrogen (secondary N) is 1. The molecular formula is C23H28N6O3. The van der Waals surface area contributed by atoms with Crippen LogP contribution in [0.5, 0.6) is 5.75 Å². The van der Waals surface area contributed by atoms with E-state index in [4.69, 9.17) is 10.5 Å². The van der Waals surface area contributed by atoms with Gasteiger partial charge in [0.15, 0.2) is 5.96 Å². The van der Waals surface area contributed by atoms with Crippen LogP contribution in [-0.2, 0) is 11.3 Å². The number of aliphatic imine (C=N–C) groups is 1. The summed E-state index contributed by atoms with van der Waals surface area (Å²) in [4.78, 5) is 40.1. The molecule has 2 amide bonds. The Bertz CT molecular complexity index is 1050. The lowest BCUT2D eigenvalue weighted by Crippen LogP contribution is -2.51. The lowest BCUT2D eigenvalue weighted by Gasteiger charge is -2.36. The predicted octanol–water partition coefficient (Wildman–Crippen LogP) is 2.34. The minimum Gasteiger partial charge on any atom is -0.493 e. The highest BCUT2D eigenvalue weighted by Crippen LogP contribution is 2.32. The summed E-state index contributed by atoms with van der Waals surface area (Å²) in [6.07, 6.45) is 3.98. The van der Waals surface area contributed by atoms with Gasteiger partial charge in [0.05, 0.1) is 36.8 Å². The summed E-state index contributed by atoms with van der Waals surface area (Å²) in [5.41, 5.74) is 7.15. The number of nitrogens with two attached hydrogens (primary N) is 1. The van der Waals surface area contributed by atoms with Crippen molar-refractivity contribution in [2.75, 3.05) is 6.61 Å². The number of guanidine groups is 1. The maximum Gasteiger partial charge on any atom is 0.289 e. The average Bonchev–Trinajstić information content (AvgIpc) is 2.81. The fraction of sp³-hybridized carbons (Fsp3) is 0.435. The van der Waals surface area contributed by atoms with Gasteiger partial charge in [0.1, 0.15) is 5.75 Å². The van der Waals surface area contributed by atoms with Crippen LogP contribution in [0.15, 0.2) is 41.5 Å². The molecule has 1 aromatic heterocycles. The van der Waals surface area contributed by atoms with Crippen LogP contribution in [-0.4, -0.2) is 44.8 Å². The molecule has 0 spiro atoms. The third-order valence-corrected chi connectivity index (χ3v) is 6.23. The molecule has 4 rings (SSSR count). The number of benzene rings is 1. The maximum absolute atomic E-state index is 12.9. The zero-order chi connectivity index (χ0) is 22.7. The Kier molecular flexibility index (Phi) is 6.07. The van der Waals surface area contributed by atoms with Gasteiger partial charge in [-0.3, -0.25) is 14.5 Å². The van der Waals surface area contributed by atoms with Crippen LogP contribution < -0.4 is 15.8 Å². The molecular weight excluding hydrogens is 408 g/mol. The molecule has 2 aliphatic rings. The number of aromatic nitrogens is 2. The van der Waals surface area contributed by atoms with Gasteiger partial charge in [-0.05, 0) is 25.0 Å². The number of nitrogens with zero attached hydrogens (tertiary/aromatic N) is 4. The summed E-state index contributed by atoms with van der Waals surface area (Å²) in [5.74, 6) is 0.532. The minimum atomic E-state index is -0.436. The number of carbonyl (C=O) groups excluding carboxylic acids is 2. The zero-order valence-corrected chi connectivity index (χ0v) is 18.4. The highest BCUT2D eigenvalue weighted by molar-refractivity contribution is 5.99. The van der Waals surface area contributed by atoms with Crippen LogP contribution in [0.1, 0.15) is 67.4 Å². The van der Waals surface area contributed by atoms with Crippen molar-refractivity contribution in [1.82, 2.24) is 20.2 Å². The third kappa shape index (κ3) is 4.28. The van der Waals surface area contributed by atoms with Gasteiger partial charge in [-0.1, -0.05) is 32.0 Å². The monoisotopic (exact) mass is 436 g/mol. The van der Waals surface area contributed by atoms with Gasteiger partial charge < -0.3 is 15.8 Å². The van der Waals surface area contributed by atoms with Crippen LogP contribution in [0.3, 0.4) is 0 Å². The van der Waals surface area contributed by atoms with E-state index in [0.717, 1.165) is 24.2 Å². The lowest BCUT2D eigenvalue weighted by molar-refractivity contribution is -0.130. The summed E-state index contributed by atoms with van der Waals surface area (Å²) < 4.78 is 5.65. The number of fused-ring (bicyclic) bond motifs is 1. The standard InChI is InChI=1S/C23H28N6O3/c1-3-23(4-2)13-19(30)29(22(24)28-23)14-15-9-11-25-20(26-15)21(31)27-17-10-12-32-18-8-6-5-7-16(17)18/h5-9,11,17H,3-4,10,12-14H2,1-2H3,(H2,24,28)(H,27,31)/t17-/m0/s1. The normalized spacial score (nSPS) is 19.6. The minimum absolute atomic E-state index is 0.0444. The molecule has 2 aromatic rings. The largest absolute Gasteiger partial charge is 0.493 e. The molecule has 9 nitrogen and oxygen atoms in total. The van der Waals surface area contributed by atoms with Crippen LogP contribution in [0.2, 0.25) is 0 Å². The highest BCUT2D eigenvalue weighted by atomic mass is 16.5. The van der Waals surface area contributed by atoms with Crippen LogP contribution >= 0.6 is 0 Å². The Hall–Kier alpha value is -3.49. The molecule has 32 heavy (non-hydrogen) atoms. The van der Waals surface area contributed by atoms with Crippen molar-refractivity contribution in [2.24, 2.45) is 10.7 Å². The molecule has 168 valence electrons. The quantitative estimate of drug-likeness (QED) is 0.717. The molecule has 1 atom stereocenters. The van der Waals surface area contributed by atoms with Gasteiger partial charge in [-0.25, -0.2) is 15.0 Å². The molecule has 0 unspecified atom stereocenters. The Morgan fingerprint density at radius 3 is 2.81 bits per heavy atom. The smallest absolute Gasteiger partial charge is 0.289 e. The summed E-state index contributed by atoms with van der Waals surface area (Å²) in [6, 6.07) is 9.13. The number of ether oxygens (including phenoxy) is 1. The fourth-order valence-corrected chi connectivity index (χ4v) is 4.15. The van der Waals surface area contributed by atoms with Crippen LogP contribution in [0.25, 0.3) is 0 Å². The number of amides is 2. The summed E-state index contributed by atoms with van der Waals surface area (Å²) >= 11 is 0. The molecule has 2 aliphatic heterocycles. The second-order valence-electron chi connectivity index (χ2n) is 8.13. The molecule has 0 bridgehead atoms. The van der Waals surface area contributed by atoms with Crippen LogP contribution in [0, 0.1) is 0 Å². The third-order valence-electron chi connectivity index (χ3n) is 6.23. The molecule has 1 aromatic carbocycles. The Morgan fingerprint density at radius 1 is 1.28 bits per heavy atom. The topological polar surface area (TPSA) is 123 Å². The van der Waals surface area contributed by atoms with Crippen molar-refractivity contribution in [3.63, 3.8) is 0 Å². The van der Waals surface area contributed by atoms with Gasteiger partial charge >= 0.3 is 0 Å². The van der Waals surface area contributed by atoms with Crippen molar-refractivity contribution in [1.29, 1.82) is 0 Å². The number of hydrogen-bond acceptors (Lipinski definition) is 7. The maximum atomic E-state index is 12.9. The first-order valence-electron chi connectivity index (χ1n) is 10.9. The van der Waals surface area contributed by atoms with Crippen molar-refractivity contribution in [3.05, 3.63) is 53.6 Å². The molecule has 3 heterocycles. The van der Waals surface area contributed by atoms with E-state index in [-0.39, 0.29) is 36.2 Å². The van der Waals surface area contributed by atoms with E-state index in [2.05, 4.69) is 20.3 Å². The first kappa shape index (κ1) is 21.7.